The summed E-state index contributed by atoms with van der Waals surface area (Å²) >= 11 is 0. The van der Waals surface area contributed by atoms with Crippen molar-refractivity contribution in [2.24, 2.45) is 0 Å². The number of morpholine rings is 1. The molecule has 3 fully saturated rings. The molecule has 3 aliphatic rings. The molecule has 2 aromatic heterocycles. The second-order valence-corrected chi connectivity index (χ2v) is 10.1. The average Bonchev–Trinajstić information content (AvgIpc) is 3.13. The van der Waals surface area contributed by atoms with Crippen LogP contribution in [-0.4, -0.2) is 87.7 Å². The Morgan fingerprint density at radius 2 is 1.95 bits per heavy atom. The Balaban J connectivity index is 1.16. The van der Waals surface area contributed by atoms with Crippen molar-refractivity contribution in [2.45, 2.75) is 37.9 Å². The third-order valence-corrected chi connectivity index (χ3v) is 7.78. The van der Waals surface area contributed by atoms with Crippen molar-refractivity contribution in [3.63, 3.8) is 0 Å². The summed E-state index contributed by atoms with van der Waals surface area (Å²) in [6.45, 7) is 6.87. The van der Waals surface area contributed by atoms with Gasteiger partial charge in [0.2, 0.25) is 5.82 Å². The summed E-state index contributed by atoms with van der Waals surface area (Å²) in [5.41, 5.74) is 8.31. The summed E-state index contributed by atoms with van der Waals surface area (Å²) in [5, 5.41) is 18.7. The minimum atomic E-state index is 0.164. The van der Waals surface area contributed by atoms with E-state index in [-0.39, 0.29) is 11.8 Å². The van der Waals surface area contributed by atoms with E-state index in [9.17, 15) is 5.11 Å². The van der Waals surface area contributed by atoms with Gasteiger partial charge in [-0.1, -0.05) is 18.1 Å². The van der Waals surface area contributed by atoms with Crippen molar-refractivity contribution in [2.75, 3.05) is 54.9 Å². The fourth-order valence-electron chi connectivity index (χ4n) is 5.56. The molecular weight excluding hydrogens is 480 g/mol. The maximum atomic E-state index is 10.3. The first kappa shape index (κ1) is 24.4. The number of hydrogen-bond acceptors (Lipinski definition) is 10. The highest BCUT2D eigenvalue weighted by Gasteiger charge is 2.41. The van der Waals surface area contributed by atoms with Crippen molar-refractivity contribution in [3.8, 4) is 28.8 Å². The quantitative estimate of drug-likeness (QED) is 0.504. The van der Waals surface area contributed by atoms with Crippen LogP contribution in [0.3, 0.4) is 0 Å². The standard InChI is InChI=1S/C28H32N8O2/c1-19-9-12-34(24-16-23(32-33-28(24)29)22-5-2-3-6-25(22)37)13-14-35(19)27-8-10-30-26(31-27)7-4-11-36-20-15-21(36)18-38-17-20/h2-3,5-6,8,10,16,19-21,37H,9,11-15,17-18H2,1H3,(H2,29,33)/t19-,20?,21?/m1/s1. The summed E-state index contributed by atoms with van der Waals surface area (Å²) < 4.78 is 5.56. The third-order valence-electron chi connectivity index (χ3n) is 7.78. The van der Waals surface area contributed by atoms with Crippen LogP contribution in [0.5, 0.6) is 5.75 Å². The molecule has 10 heteroatoms. The SMILES string of the molecule is C[C@@H]1CCN(c2cc(-c3ccccc3O)nnc2N)CCN1c1ccnc(C#CCN2C3COCC2C3)n1. The maximum absolute atomic E-state index is 10.3. The predicted molar refractivity (Wildman–Crippen MR) is 146 cm³/mol. The van der Waals surface area contributed by atoms with Crippen molar-refractivity contribution in [3.05, 3.63) is 48.4 Å². The maximum Gasteiger partial charge on any atom is 0.206 e. The molecule has 1 aromatic carbocycles. The number of aromatic hydroxyl groups is 1. The van der Waals surface area contributed by atoms with Crippen LogP contribution in [-0.2, 0) is 4.74 Å². The summed E-state index contributed by atoms with van der Waals surface area (Å²) in [7, 11) is 0. The highest BCUT2D eigenvalue weighted by Crippen LogP contribution is 2.32. The molecule has 0 aliphatic carbocycles. The number of rotatable bonds is 4. The Morgan fingerprint density at radius 3 is 2.76 bits per heavy atom. The topological polar surface area (TPSA) is 117 Å². The zero-order chi connectivity index (χ0) is 26.1. The molecule has 196 valence electrons. The lowest BCUT2D eigenvalue weighted by Gasteiger charge is -2.51. The highest BCUT2D eigenvalue weighted by atomic mass is 16.5. The number of nitrogen functional groups attached to an aromatic ring is 1. The van der Waals surface area contributed by atoms with E-state index in [1.165, 1.54) is 6.42 Å². The number of nitrogens with zero attached hydrogens (tertiary/aromatic N) is 7. The van der Waals surface area contributed by atoms with Gasteiger partial charge in [0.1, 0.15) is 11.6 Å². The number of para-hydroxylation sites is 1. The first-order valence-corrected chi connectivity index (χ1v) is 13.2. The predicted octanol–water partition coefficient (Wildman–Crippen LogP) is 2.15. The first-order valence-electron chi connectivity index (χ1n) is 13.2. The minimum Gasteiger partial charge on any atom is -0.507 e. The molecular formula is C28H32N8O2. The molecule has 2 bridgehead atoms. The number of aromatic nitrogens is 4. The number of phenolic OH excluding ortho intramolecular Hbond substituents is 1. The number of benzene rings is 1. The van der Waals surface area contributed by atoms with Gasteiger partial charge in [0.05, 0.1) is 31.1 Å². The normalized spacial score (nSPS) is 23.2. The second-order valence-electron chi connectivity index (χ2n) is 10.1. The lowest BCUT2D eigenvalue weighted by molar-refractivity contribution is -0.120. The second kappa shape index (κ2) is 10.4. The van der Waals surface area contributed by atoms with Crippen molar-refractivity contribution in [1.82, 2.24) is 25.1 Å². The molecule has 5 heterocycles. The van der Waals surface area contributed by atoms with Gasteiger partial charge >= 0.3 is 0 Å². The monoisotopic (exact) mass is 512 g/mol. The van der Waals surface area contributed by atoms with E-state index in [0.29, 0.717) is 35.0 Å². The zero-order valence-electron chi connectivity index (χ0n) is 21.5. The fourth-order valence-corrected chi connectivity index (χ4v) is 5.56. The van der Waals surface area contributed by atoms with Crippen molar-refractivity contribution in [1.29, 1.82) is 0 Å². The summed E-state index contributed by atoms with van der Waals surface area (Å²) in [4.78, 5) is 16.1. The molecule has 3 aliphatic heterocycles. The number of nitrogens with two attached hydrogens (primary N) is 1. The van der Waals surface area contributed by atoms with Gasteiger partial charge in [0.25, 0.3) is 0 Å². The zero-order valence-corrected chi connectivity index (χ0v) is 21.5. The molecule has 0 radical (unpaired) electrons. The van der Waals surface area contributed by atoms with E-state index in [1.807, 2.05) is 24.3 Å². The van der Waals surface area contributed by atoms with E-state index in [0.717, 1.165) is 57.3 Å². The molecule has 6 rings (SSSR count). The average molecular weight is 513 g/mol. The van der Waals surface area contributed by atoms with Gasteiger partial charge < -0.3 is 25.4 Å². The number of hydrogen-bond donors (Lipinski definition) is 2. The van der Waals surface area contributed by atoms with Crippen LogP contribution in [0.1, 0.15) is 25.6 Å². The van der Waals surface area contributed by atoms with Crippen molar-refractivity contribution >= 4 is 17.3 Å². The van der Waals surface area contributed by atoms with Crippen LogP contribution in [0.25, 0.3) is 11.3 Å². The Labute approximate surface area is 222 Å². The molecule has 3 atom stereocenters. The number of phenols is 1. The molecule has 3 N–H and O–H groups in total. The minimum absolute atomic E-state index is 0.164. The van der Waals surface area contributed by atoms with E-state index in [2.05, 4.69) is 48.6 Å². The number of anilines is 3. The van der Waals surface area contributed by atoms with Gasteiger partial charge in [0.15, 0.2) is 5.82 Å². The van der Waals surface area contributed by atoms with Gasteiger partial charge in [-0.25, -0.2) is 9.97 Å². The van der Waals surface area contributed by atoms with Gasteiger partial charge in [-0.3, -0.25) is 4.90 Å². The molecule has 3 aromatic rings. The number of fused-ring (bicyclic) bond motifs is 2. The Bertz CT molecular complexity index is 1360. The van der Waals surface area contributed by atoms with E-state index >= 15 is 0 Å². The number of ether oxygens (including phenoxy) is 1. The summed E-state index contributed by atoms with van der Waals surface area (Å²) in [6.07, 6.45) is 3.92. The molecule has 3 saturated heterocycles. The van der Waals surface area contributed by atoms with Crippen molar-refractivity contribution < 1.29 is 9.84 Å². The van der Waals surface area contributed by atoms with Gasteiger partial charge in [-0.2, -0.15) is 0 Å². The lowest BCUT2D eigenvalue weighted by atomic mass is 9.91. The Kier molecular flexibility index (Phi) is 6.70. The smallest absolute Gasteiger partial charge is 0.206 e. The first-order chi connectivity index (χ1) is 18.6. The lowest BCUT2D eigenvalue weighted by Crippen LogP contribution is -2.63. The Morgan fingerprint density at radius 1 is 1.11 bits per heavy atom. The van der Waals surface area contributed by atoms with Crippen LogP contribution in [0.2, 0.25) is 0 Å². The van der Waals surface area contributed by atoms with E-state index < -0.39 is 0 Å². The summed E-state index contributed by atoms with van der Waals surface area (Å²) in [6, 6.07) is 12.3. The molecule has 0 amide bonds. The van der Waals surface area contributed by atoms with E-state index in [4.69, 9.17) is 15.5 Å². The molecule has 2 unspecified atom stereocenters. The van der Waals surface area contributed by atoms with Crippen LogP contribution < -0.4 is 15.5 Å². The van der Waals surface area contributed by atoms with Crippen LogP contribution >= 0.6 is 0 Å². The molecule has 0 saturated carbocycles. The highest BCUT2D eigenvalue weighted by molar-refractivity contribution is 5.74. The van der Waals surface area contributed by atoms with Gasteiger partial charge in [-0.05, 0) is 50.0 Å². The van der Waals surface area contributed by atoms with Crippen LogP contribution in [0, 0.1) is 11.8 Å². The molecule has 0 spiro atoms. The van der Waals surface area contributed by atoms with Crippen LogP contribution in [0.4, 0.5) is 17.3 Å². The van der Waals surface area contributed by atoms with Crippen LogP contribution in [0.15, 0.2) is 42.6 Å². The summed E-state index contributed by atoms with van der Waals surface area (Å²) in [5.74, 6) is 8.40. The fraction of sp³-hybridized carbons (Fsp3) is 0.429. The third kappa shape index (κ3) is 4.83. The Hall–Kier alpha value is -3.94. The molecule has 38 heavy (non-hydrogen) atoms. The van der Waals surface area contributed by atoms with E-state index in [1.54, 1.807) is 18.3 Å². The van der Waals surface area contributed by atoms with Gasteiger partial charge in [-0.15, -0.1) is 10.2 Å². The van der Waals surface area contributed by atoms with Gasteiger partial charge in [0, 0.05) is 49.5 Å². The molecule has 10 nitrogen and oxygen atoms in total. The largest absolute Gasteiger partial charge is 0.507 e.